The van der Waals surface area contributed by atoms with Gasteiger partial charge in [0.15, 0.2) is 0 Å². The second-order valence-electron chi connectivity index (χ2n) is 6.78. The van der Waals surface area contributed by atoms with Crippen LogP contribution in [0, 0.1) is 0 Å². The molecule has 0 saturated heterocycles. The number of aromatic amines is 1. The first-order valence-electron chi connectivity index (χ1n) is 7.65. The highest BCUT2D eigenvalue weighted by atomic mass is 16.3. The van der Waals surface area contributed by atoms with E-state index in [1.807, 2.05) is 31.2 Å². The van der Waals surface area contributed by atoms with E-state index in [4.69, 9.17) is 0 Å². The summed E-state index contributed by atoms with van der Waals surface area (Å²) in [6.45, 7) is 7.18. The number of para-hydroxylation sites is 1. The smallest absolute Gasteiger partial charge is 0.331 e. The number of nitrogens with zero attached hydrogens (tertiary/aromatic N) is 2. The minimum atomic E-state index is -0.671. The summed E-state index contributed by atoms with van der Waals surface area (Å²) in [5.41, 5.74) is 1.34. The predicted molar refractivity (Wildman–Crippen MR) is 95.1 cm³/mol. The van der Waals surface area contributed by atoms with Crippen molar-refractivity contribution in [1.29, 1.82) is 0 Å². The summed E-state index contributed by atoms with van der Waals surface area (Å²) >= 11 is 0. The molecule has 0 atom stereocenters. The molecule has 3 rings (SSSR count). The van der Waals surface area contributed by atoms with Gasteiger partial charge in [-0.3, -0.25) is 19.3 Å². The minimum Gasteiger partial charge on any atom is -0.494 e. The Bertz CT molecular complexity index is 1000. The van der Waals surface area contributed by atoms with Gasteiger partial charge in [0.1, 0.15) is 5.56 Å². The van der Waals surface area contributed by atoms with Gasteiger partial charge in [0, 0.05) is 22.4 Å². The Morgan fingerprint density at radius 1 is 1.21 bits per heavy atom. The lowest BCUT2D eigenvalue weighted by Gasteiger charge is -2.23. The van der Waals surface area contributed by atoms with Crippen LogP contribution in [0.2, 0.25) is 0 Å². The normalized spacial score (nSPS) is 15.5. The molecule has 124 valence electrons. The predicted octanol–water partition coefficient (Wildman–Crippen LogP) is 2.64. The molecule has 0 amide bonds. The Morgan fingerprint density at radius 2 is 1.88 bits per heavy atom. The van der Waals surface area contributed by atoms with E-state index in [0.717, 1.165) is 22.5 Å². The lowest BCUT2D eigenvalue weighted by Crippen LogP contribution is -2.39. The first-order valence-corrected chi connectivity index (χ1v) is 7.65. The number of rotatable bonds is 1. The maximum absolute atomic E-state index is 12.2. The average molecular weight is 325 g/mol. The van der Waals surface area contributed by atoms with E-state index in [1.54, 1.807) is 26.8 Å². The van der Waals surface area contributed by atoms with Crippen LogP contribution >= 0.6 is 0 Å². The third-order valence-corrected chi connectivity index (χ3v) is 3.95. The quantitative estimate of drug-likeness (QED) is 0.845. The van der Waals surface area contributed by atoms with Crippen LogP contribution in [0.25, 0.3) is 11.6 Å². The van der Waals surface area contributed by atoms with Crippen LogP contribution in [0.15, 0.2) is 38.8 Å². The third-order valence-electron chi connectivity index (χ3n) is 3.95. The van der Waals surface area contributed by atoms with E-state index in [-0.39, 0.29) is 11.4 Å². The van der Waals surface area contributed by atoms with Crippen molar-refractivity contribution in [2.75, 3.05) is 0 Å². The molecule has 0 aliphatic carbocycles. The Labute approximate surface area is 138 Å². The molecule has 2 N–H and O–H groups in total. The van der Waals surface area contributed by atoms with Crippen LogP contribution in [-0.4, -0.2) is 20.4 Å². The van der Waals surface area contributed by atoms with Gasteiger partial charge in [0.05, 0.1) is 5.69 Å². The van der Waals surface area contributed by atoms with Crippen molar-refractivity contribution < 1.29 is 5.11 Å². The van der Waals surface area contributed by atoms with Crippen LogP contribution in [0.1, 0.15) is 38.8 Å². The fraction of sp³-hybridized carbons (Fsp3) is 0.278. The number of benzene rings is 1. The van der Waals surface area contributed by atoms with E-state index in [2.05, 4.69) is 9.98 Å². The number of aliphatic imine (C=N–C) groups is 1. The number of nitrogens with one attached hydrogen (secondary N) is 1. The Balaban J connectivity index is 2.28. The summed E-state index contributed by atoms with van der Waals surface area (Å²) < 4.78 is 1.17. The molecule has 2 heterocycles. The lowest BCUT2D eigenvalue weighted by atomic mass is 10.0. The lowest BCUT2D eigenvalue weighted by molar-refractivity contribution is 0.305. The van der Waals surface area contributed by atoms with Crippen molar-refractivity contribution in [2.45, 2.75) is 33.2 Å². The second-order valence-corrected chi connectivity index (χ2v) is 6.78. The second kappa shape index (κ2) is 5.33. The number of hydrogen-bond donors (Lipinski definition) is 2. The first-order chi connectivity index (χ1) is 11.2. The molecule has 6 heteroatoms. The summed E-state index contributed by atoms with van der Waals surface area (Å²) in [6.07, 6.45) is 1.58. The molecular formula is C18H19N3O3. The van der Waals surface area contributed by atoms with Gasteiger partial charge in [0.2, 0.25) is 5.88 Å². The molecule has 0 spiro atoms. The van der Waals surface area contributed by atoms with Crippen LogP contribution < -0.4 is 11.2 Å². The van der Waals surface area contributed by atoms with Gasteiger partial charge in [-0.05, 0) is 39.8 Å². The van der Waals surface area contributed by atoms with Crippen molar-refractivity contribution in [2.24, 2.45) is 4.99 Å². The molecule has 6 nitrogen and oxygen atoms in total. The largest absolute Gasteiger partial charge is 0.494 e. The average Bonchev–Trinajstić information content (AvgIpc) is 2.77. The molecular weight excluding hydrogens is 306 g/mol. The molecule has 1 aromatic heterocycles. The van der Waals surface area contributed by atoms with E-state index >= 15 is 0 Å². The topological polar surface area (TPSA) is 87.4 Å². The van der Waals surface area contributed by atoms with Gasteiger partial charge in [-0.25, -0.2) is 4.79 Å². The van der Waals surface area contributed by atoms with Crippen molar-refractivity contribution in [3.05, 3.63) is 56.2 Å². The SMILES string of the molecule is CC1=Nc2ccccc2C1=Cc1c(O)n(C(C)(C)C)c(=O)[nH]c1=O. The van der Waals surface area contributed by atoms with Crippen molar-refractivity contribution >= 4 is 23.0 Å². The zero-order valence-corrected chi connectivity index (χ0v) is 14.0. The van der Waals surface area contributed by atoms with E-state index in [1.165, 1.54) is 4.57 Å². The van der Waals surface area contributed by atoms with Gasteiger partial charge in [0.25, 0.3) is 5.56 Å². The van der Waals surface area contributed by atoms with Crippen molar-refractivity contribution in [3.63, 3.8) is 0 Å². The van der Waals surface area contributed by atoms with Crippen molar-refractivity contribution in [1.82, 2.24) is 9.55 Å². The van der Waals surface area contributed by atoms with Gasteiger partial charge in [-0.2, -0.15) is 0 Å². The monoisotopic (exact) mass is 325 g/mol. The highest BCUT2D eigenvalue weighted by molar-refractivity contribution is 6.31. The summed E-state index contributed by atoms with van der Waals surface area (Å²) in [7, 11) is 0. The summed E-state index contributed by atoms with van der Waals surface area (Å²) in [6, 6.07) is 7.58. The van der Waals surface area contributed by atoms with E-state index in [9.17, 15) is 14.7 Å². The summed E-state index contributed by atoms with van der Waals surface area (Å²) in [4.78, 5) is 31.0. The van der Waals surface area contributed by atoms with E-state index in [0.29, 0.717) is 0 Å². The van der Waals surface area contributed by atoms with Crippen LogP contribution in [0.3, 0.4) is 0 Å². The molecule has 0 bridgehead atoms. The van der Waals surface area contributed by atoms with Crippen LogP contribution in [-0.2, 0) is 5.54 Å². The molecule has 2 aromatic rings. The van der Waals surface area contributed by atoms with Crippen molar-refractivity contribution in [3.8, 4) is 5.88 Å². The number of aromatic hydroxyl groups is 1. The Kier molecular flexibility index (Phi) is 3.55. The van der Waals surface area contributed by atoms with E-state index < -0.39 is 16.8 Å². The van der Waals surface area contributed by atoms with Gasteiger partial charge in [-0.15, -0.1) is 0 Å². The van der Waals surface area contributed by atoms with Gasteiger partial charge >= 0.3 is 5.69 Å². The number of aromatic nitrogens is 2. The summed E-state index contributed by atoms with van der Waals surface area (Å²) in [5, 5.41) is 10.5. The minimum absolute atomic E-state index is 0.0470. The molecule has 0 fully saturated rings. The molecule has 0 saturated carbocycles. The number of hydrogen-bond acceptors (Lipinski definition) is 4. The number of allylic oxidation sites excluding steroid dienone is 1. The highest BCUT2D eigenvalue weighted by Gasteiger charge is 2.24. The van der Waals surface area contributed by atoms with Crippen LogP contribution in [0.4, 0.5) is 5.69 Å². The molecule has 0 radical (unpaired) electrons. The standard InChI is InChI=1S/C18H19N3O3/c1-10-12(11-7-5-6-8-14(11)19-10)9-13-15(22)20-17(24)21(16(13)23)18(2,3)4/h5-9,23H,1-4H3,(H,20,22,24). The third kappa shape index (κ3) is 2.50. The molecule has 24 heavy (non-hydrogen) atoms. The fourth-order valence-corrected chi connectivity index (χ4v) is 2.85. The zero-order valence-electron chi connectivity index (χ0n) is 14.0. The molecule has 1 aromatic carbocycles. The zero-order chi connectivity index (χ0) is 17.6. The van der Waals surface area contributed by atoms with Gasteiger partial charge < -0.3 is 5.11 Å². The molecule has 0 unspecified atom stereocenters. The Morgan fingerprint density at radius 3 is 2.54 bits per heavy atom. The maximum Gasteiger partial charge on any atom is 0.331 e. The number of H-pyrrole nitrogens is 1. The number of fused-ring (bicyclic) bond motifs is 1. The molecule has 1 aliphatic rings. The Hall–Kier alpha value is -2.89. The maximum atomic E-state index is 12.2. The van der Waals surface area contributed by atoms with Crippen LogP contribution in [0.5, 0.6) is 5.88 Å². The highest BCUT2D eigenvalue weighted by Crippen LogP contribution is 2.36. The first kappa shape index (κ1) is 16.0. The van der Waals surface area contributed by atoms with Gasteiger partial charge in [-0.1, -0.05) is 18.2 Å². The fourth-order valence-electron chi connectivity index (χ4n) is 2.85. The summed E-state index contributed by atoms with van der Waals surface area (Å²) in [5.74, 6) is -0.346. The molecule has 1 aliphatic heterocycles.